The molecule has 0 amide bonds. The Labute approximate surface area is 193 Å². The Morgan fingerprint density at radius 3 is 2.59 bits per heavy atom. The SMILES string of the molecule is COC1=NC(NS(=O)(=O)c2c[nH]c3nc(Br)ccc23)C(C)C(C)C(OC)=C1CCC(F)F. The summed E-state index contributed by atoms with van der Waals surface area (Å²) in [4.78, 5) is 11.6. The Bertz CT molecular complexity index is 1150. The molecule has 1 aliphatic rings. The van der Waals surface area contributed by atoms with Crippen molar-refractivity contribution in [1.29, 1.82) is 0 Å². The minimum absolute atomic E-state index is 0.00691. The number of allylic oxidation sites excluding steroid dienone is 1. The molecule has 0 bridgehead atoms. The first-order valence-corrected chi connectivity index (χ1v) is 12.2. The highest BCUT2D eigenvalue weighted by atomic mass is 79.9. The maximum absolute atomic E-state index is 13.2. The van der Waals surface area contributed by atoms with Gasteiger partial charge in [0, 0.05) is 29.8 Å². The number of H-pyrrole nitrogens is 1. The van der Waals surface area contributed by atoms with Crippen molar-refractivity contribution in [2.75, 3.05) is 14.2 Å². The first-order chi connectivity index (χ1) is 15.1. The van der Waals surface area contributed by atoms with E-state index in [1.54, 1.807) is 12.1 Å². The second-order valence-corrected chi connectivity index (χ2v) is 10.0. The minimum Gasteiger partial charge on any atom is -0.500 e. The second kappa shape index (κ2) is 9.84. The van der Waals surface area contributed by atoms with Crippen LogP contribution in [0, 0.1) is 11.8 Å². The third kappa shape index (κ3) is 4.96. The Hall–Kier alpha value is -2.05. The molecule has 3 unspecified atom stereocenters. The summed E-state index contributed by atoms with van der Waals surface area (Å²) in [5.41, 5.74) is 0.832. The number of aromatic nitrogens is 2. The number of sulfonamides is 1. The maximum Gasteiger partial charge on any atom is 0.244 e. The first-order valence-electron chi connectivity index (χ1n) is 9.92. The van der Waals surface area contributed by atoms with Gasteiger partial charge in [0.1, 0.15) is 27.1 Å². The summed E-state index contributed by atoms with van der Waals surface area (Å²) in [6.07, 6.45) is -2.44. The molecule has 3 rings (SSSR count). The fourth-order valence-corrected chi connectivity index (χ4v) is 5.41. The molecule has 0 saturated carbocycles. The van der Waals surface area contributed by atoms with Gasteiger partial charge in [-0.05, 0) is 34.5 Å². The molecule has 0 saturated heterocycles. The molecule has 8 nitrogen and oxygen atoms in total. The third-order valence-corrected chi connectivity index (χ3v) is 7.48. The van der Waals surface area contributed by atoms with Crippen LogP contribution in [0.4, 0.5) is 8.78 Å². The number of aromatic amines is 1. The summed E-state index contributed by atoms with van der Waals surface area (Å²) < 4.78 is 66.4. The zero-order valence-electron chi connectivity index (χ0n) is 18.0. The van der Waals surface area contributed by atoms with Crippen LogP contribution in [0.25, 0.3) is 11.0 Å². The van der Waals surface area contributed by atoms with Gasteiger partial charge in [-0.2, -0.15) is 4.72 Å². The Kier molecular flexibility index (Phi) is 7.56. The molecule has 32 heavy (non-hydrogen) atoms. The zero-order chi connectivity index (χ0) is 23.6. The van der Waals surface area contributed by atoms with Crippen LogP contribution in [0.2, 0.25) is 0 Å². The standard InChI is InChI=1S/C20H25BrF2N4O4S/c1-10-11(2)18(26-20(31-4)13(17(10)30-3)6-8-16(22)23)27-32(28,29)14-9-24-19-12(14)5-7-15(21)25-19/h5,7,9-11,16,18,27H,6,8H2,1-4H3,(H,24,25). The summed E-state index contributed by atoms with van der Waals surface area (Å²) >= 11 is 3.26. The average Bonchev–Trinajstić information content (AvgIpc) is 3.13. The van der Waals surface area contributed by atoms with E-state index in [1.807, 2.05) is 13.8 Å². The maximum atomic E-state index is 13.2. The predicted octanol–water partition coefficient (Wildman–Crippen LogP) is 4.21. The highest BCUT2D eigenvalue weighted by molar-refractivity contribution is 9.10. The van der Waals surface area contributed by atoms with E-state index in [1.165, 1.54) is 20.4 Å². The molecule has 0 aromatic carbocycles. The molecule has 2 N–H and O–H groups in total. The molecule has 0 radical (unpaired) electrons. The van der Waals surface area contributed by atoms with Gasteiger partial charge in [0.25, 0.3) is 0 Å². The monoisotopic (exact) mass is 534 g/mol. The van der Waals surface area contributed by atoms with Crippen LogP contribution >= 0.6 is 15.9 Å². The predicted molar refractivity (Wildman–Crippen MR) is 120 cm³/mol. The van der Waals surface area contributed by atoms with Gasteiger partial charge >= 0.3 is 0 Å². The van der Waals surface area contributed by atoms with E-state index in [-0.39, 0.29) is 35.5 Å². The summed E-state index contributed by atoms with van der Waals surface area (Å²) in [5, 5.41) is 0.430. The molecule has 176 valence electrons. The van der Waals surface area contributed by atoms with Crippen molar-refractivity contribution in [2.24, 2.45) is 16.8 Å². The van der Waals surface area contributed by atoms with E-state index >= 15 is 0 Å². The summed E-state index contributed by atoms with van der Waals surface area (Å²) in [7, 11) is -1.19. The lowest BCUT2D eigenvalue weighted by Gasteiger charge is -2.26. The molecule has 3 atom stereocenters. The Morgan fingerprint density at radius 1 is 1.25 bits per heavy atom. The van der Waals surface area contributed by atoms with E-state index in [4.69, 9.17) is 9.47 Å². The molecule has 3 heterocycles. The van der Waals surface area contributed by atoms with E-state index in [0.717, 1.165) is 0 Å². The second-order valence-electron chi connectivity index (χ2n) is 7.51. The van der Waals surface area contributed by atoms with Gasteiger partial charge in [-0.25, -0.2) is 27.2 Å². The van der Waals surface area contributed by atoms with E-state index in [2.05, 4.69) is 35.6 Å². The number of methoxy groups -OCH3 is 2. The molecular weight excluding hydrogens is 510 g/mol. The number of hydrogen-bond acceptors (Lipinski definition) is 6. The topological polar surface area (TPSA) is 106 Å². The van der Waals surface area contributed by atoms with Crippen molar-refractivity contribution in [3.63, 3.8) is 0 Å². The van der Waals surface area contributed by atoms with Crippen molar-refractivity contribution < 1.29 is 26.7 Å². The molecule has 1 aliphatic heterocycles. The van der Waals surface area contributed by atoms with Crippen LogP contribution in [-0.4, -0.2) is 51.1 Å². The minimum atomic E-state index is -4.01. The Balaban J connectivity index is 1.99. The molecule has 0 spiro atoms. The summed E-state index contributed by atoms with van der Waals surface area (Å²) in [5.74, 6) is -0.124. The first kappa shape index (κ1) is 24.6. The lowest BCUT2D eigenvalue weighted by atomic mass is 9.90. The van der Waals surface area contributed by atoms with Gasteiger partial charge in [-0.15, -0.1) is 0 Å². The number of pyridine rings is 1. The van der Waals surface area contributed by atoms with Gasteiger partial charge in [0.15, 0.2) is 0 Å². The number of nitrogens with zero attached hydrogens (tertiary/aromatic N) is 2. The summed E-state index contributed by atoms with van der Waals surface area (Å²) in [6, 6.07) is 3.30. The van der Waals surface area contributed by atoms with Gasteiger partial charge in [-0.3, -0.25) is 0 Å². The quantitative estimate of drug-likeness (QED) is 0.517. The van der Waals surface area contributed by atoms with Crippen molar-refractivity contribution in [1.82, 2.24) is 14.7 Å². The van der Waals surface area contributed by atoms with Crippen LogP contribution in [0.15, 0.2) is 44.2 Å². The Morgan fingerprint density at radius 2 is 1.97 bits per heavy atom. The molecule has 2 aromatic heterocycles. The van der Waals surface area contributed by atoms with Crippen LogP contribution in [-0.2, 0) is 19.5 Å². The number of rotatable bonds is 7. The van der Waals surface area contributed by atoms with Crippen LogP contribution < -0.4 is 4.72 Å². The van der Waals surface area contributed by atoms with E-state index < -0.39 is 22.6 Å². The lowest BCUT2D eigenvalue weighted by molar-refractivity contribution is 0.137. The number of alkyl halides is 2. The fraction of sp³-hybridized carbons (Fsp3) is 0.500. The summed E-state index contributed by atoms with van der Waals surface area (Å²) in [6.45, 7) is 3.66. The van der Waals surface area contributed by atoms with Crippen LogP contribution in [0.5, 0.6) is 0 Å². The molecular formula is C20H25BrF2N4O4S. The molecule has 0 fully saturated rings. The van der Waals surface area contributed by atoms with E-state index in [9.17, 15) is 17.2 Å². The number of nitrogens with one attached hydrogen (secondary N) is 2. The highest BCUT2D eigenvalue weighted by Gasteiger charge is 2.36. The van der Waals surface area contributed by atoms with Crippen molar-refractivity contribution in [3.05, 3.63) is 34.3 Å². The highest BCUT2D eigenvalue weighted by Crippen LogP contribution is 2.34. The normalized spacial score (nSPS) is 22.2. The molecule has 2 aromatic rings. The zero-order valence-corrected chi connectivity index (χ0v) is 20.4. The molecule has 0 aliphatic carbocycles. The number of fused-ring (bicyclic) bond motifs is 1. The van der Waals surface area contributed by atoms with Gasteiger partial charge < -0.3 is 14.5 Å². The van der Waals surface area contributed by atoms with Gasteiger partial charge in [0.2, 0.25) is 22.3 Å². The third-order valence-electron chi connectivity index (χ3n) is 5.57. The van der Waals surface area contributed by atoms with Gasteiger partial charge in [-0.1, -0.05) is 13.8 Å². The van der Waals surface area contributed by atoms with Crippen molar-refractivity contribution in [3.8, 4) is 0 Å². The average molecular weight is 535 g/mol. The molecule has 12 heteroatoms. The largest absolute Gasteiger partial charge is 0.500 e. The smallest absolute Gasteiger partial charge is 0.244 e. The number of aliphatic imine (C=N–C) groups is 1. The van der Waals surface area contributed by atoms with Crippen LogP contribution in [0.3, 0.4) is 0 Å². The van der Waals surface area contributed by atoms with Crippen LogP contribution in [0.1, 0.15) is 26.7 Å². The van der Waals surface area contributed by atoms with Crippen molar-refractivity contribution >= 4 is 42.9 Å². The van der Waals surface area contributed by atoms with E-state index in [0.29, 0.717) is 27.0 Å². The van der Waals surface area contributed by atoms with Gasteiger partial charge in [0.05, 0.1) is 19.8 Å². The van der Waals surface area contributed by atoms with Crippen molar-refractivity contribution in [2.45, 2.75) is 44.2 Å². The fourth-order valence-electron chi connectivity index (χ4n) is 3.72. The number of hydrogen-bond donors (Lipinski definition) is 2. The number of halogens is 3. The number of ether oxygens (including phenoxy) is 2. The lowest BCUT2D eigenvalue weighted by Crippen LogP contribution is -2.40.